The first-order valence-electron chi connectivity index (χ1n) is 4.17. The van der Waals surface area contributed by atoms with Crippen molar-refractivity contribution >= 4 is 5.78 Å². The lowest BCUT2D eigenvalue weighted by molar-refractivity contribution is 0.0974. The molecule has 1 aromatic rings. The van der Waals surface area contributed by atoms with Crippen LogP contribution in [0.3, 0.4) is 0 Å². The van der Waals surface area contributed by atoms with Gasteiger partial charge in [0.05, 0.1) is 6.54 Å². The molecule has 2 nitrogen and oxygen atoms in total. The standard InChI is InChI=1S/C10H11NO/c12-10(8-11-6-7-11)9-4-2-1-3-5-9/h1-5H,6-8H2. The van der Waals surface area contributed by atoms with Crippen molar-refractivity contribution in [3.05, 3.63) is 35.9 Å². The Labute approximate surface area is 71.8 Å². The third kappa shape index (κ3) is 1.71. The first kappa shape index (κ1) is 7.50. The molecule has 1 heterocycles. The van der Waals surface area contributed by atoms with Crippen molar-refractivity contribution in [3.8, 4) is 0 Å². The SMILES string of the molecule is O=C(CN1CC1)c1ccccc1. The van der Waals surface area contributed by atoms with E-state index in [9.17, 15) is 4.79 Å². The average molecular weight is 161 g/mol. The molecule has 2 heteroatoms. The molecule has 1 aliphatic rings. The van der Waals surface area contributed by atoms with Gasteiger partial charge in [-0.1, -0.05) is 30.3 Å². The molecular formula is C10H11NO. The Hall–Kier alpha value is -1.15. The minimum Gasteiger partial charge on any atom is -0.293 e. The van der Waals surface area contributed by atoms with Crippen LogP contribution in [0, 0.1) is 0 Å². The van der Waals surface area contributed by atoms with Crippen LogP contribution in [-0.4, -0.2) is 30.3 Å². The highest BCUT2D eigenvalue weighted by molar-refractivity contribution is 5.97. The molecule has 0 N–H and O–H groups in total. The Morgan fingerprint density at radius 3 is 2.50 bits per heavy atom. The number of hydrogen-bond donors (Lipinski definition) is 0. The van der Waals surface area contributed by atoms with Crippen LogP contribution in [0.4, 0.5) is 0 Å². The van der Waals surface area contributed by atoms with E-state index in [4.69, 9.17) is 0 Å². The van der Waals surface area contributed by atoms with Crippen LogP contribution >= 0.6 is 0 Å². The Kier molecular flexibility index (Phi) is 1.92. The Balaban J connectivity index is 2.03. The van der Waals surface area contributed by atoms with E-state index in [2.05, 4.69) is 4.90 Å². The molecule has 0 saturated carbocycles. The second-order valence-corrected chi connectivity index (χ2v) is 3.07. The molecule has 0 unspecified atom stereocenters. The average Bonchev–Trinajstić information content (AvgIpc) is 2.90. The zero-order valence-electron chi connectivity index (χ0n) is 6.86. The van der Waals surface area contributed by atoms with Gasteiger partial charge in [-0.2, -0.15) is 0 Å². The molecule has 0 aliphatic carbocycles. The number of benzene rings is 1. The first-order valence-corrected chi connectivity index (χ1v) is 4.17. The fourth-order valence-electron chi connectivity index (χ4n) is 1.15. The van der Waals surface area contributed by atoms with Gasteiger partial charge in [0.25, 0.3) is 0 Å². The van der Waals surface area contributed by atoms with Gasteiger partial charge in [0.15, 0.2) is 5.78 Å². The monoisotopic (exact) mass is 161 g/mol. The number of carbonyl (C=O) groups excluding carboxylic acids is 1. The number of carbonyl (C=O) groups is 1. The van der Waals surface area contributed by atoms with E-state index in [-0.39, 0.29) is 5.78 Å². The molecule has 1 aliphatic heterocycles. The van der Waals surface area contributed by atoms with Crippen LogP contribution in [0.5, 0.6) is 0 Å². The molecule has 1 aromatic carbocycles. The summed E-state index contributed by atoms with van der Waals surface area (Å²) in [5, 5.41) is 0. The van der Waals surface area contributed by atoms with E-state index in [1.807, 2.05) is 30.3 Å². The molecule has 2 rings (SSSR count). The highest BCUT2D eigenvalue weighted by Crippen LogP contribution is 2.06. The van der Waals surface area contributed by atoms with Crippen LogP contribution in [0.1, 0.15) is 10.4 Å². The maximum Gasteiger partial charge on any atom is 0.176 e. The Morgan fingerprint density at radius 2 is 1.92 bits per heavy atom. The zero-order valence-corrected chi connectivity index (χ0v) is 6.86. The summed E-state index contributed by atoms with van der Waals surface area (Å²) < 4.78 is 0. The molecule has 0 amide bonds. The van der Waals surface area contributed by atoms with Crippen molar-refractivity contribution in [1.82, 2.24) is 4.90 Å². The molecule has 1 saturated heterocycles. The minimum atomic E-state index is 0.230. The number of ketones is 1. The predicted molar refractivity (Wildman–Crippen MR) is 47.2 cm³/mol. The number of hydrogen-bond acceptors (Lipinski definition) is 2. The molecular weight excluding hydrogens is 150 g/mol. The largest absolute Gasteiger partial charge is 0.293 e. The second kappa shape index (κ2) is 3.07. The van der Waals surface area contributed by atoms with Gasteiger partial charge in [0.2, 0.25) is 0 Å². The molecule has 0 radical (unpaired) electrons. The van der Waals surface area contributed by atoms with Gasteiger partial charge in [-0.3, -0.25) is 9.69 Å². The highest BCUT2D eigenvalue weighted by Gasteiger charge is 2.20. The molecule has 0 spiro atoms. The summed E-state index contributed by atoms with van der Waals surface area (Å²) >= 11 is 0. The van der Waals surface area contributed by atoms with Gasteiger partial charge < -0.3 is 0 Å². The van der Waals surface area contributed by atoms with Crippen molar-refractivity contribution in [3.63, 3.8) is 0 Å². The third-order valence-electron chi connectivity index (χ3n) is 2.00. The quantitative estimate of drug-likeness (QED) is 0.490. The van der Waals surface area contributed by atoms with Crippen molar-refractivity contribution in [2.24, 2.45) is 0 Å². The van der Waals surface area contributed by atoms with Crippen molar-refractivity contribution < 1.29 is 4.79 Å². The minimum absolute atomic E-state index is 0.230. The summed E-state index contributed by atoms with van der Waals surface area (Å²) in [5.74, 6) is 0.230. The normalized spacial score (nSPS) is 16.0. The highest BCUT2D eigenvalue weighted by atomic mass is 16.1. The third-order valence-corrected chi connectivity index (χ3v) is 2.00. The van der Waals surface area contributed by atoms with E-state index in [0.717, 1.165) is 18.7 Å². The Morgan fingerprint density at radius 1 is 1.25 bits per heavy atom. The summed E-state index contributed by atoms with van der Waals surface area (Å²) in [7, 11) is 0. The van der Waals surface area contributed by atoms with Crippen molar-refractivity contribution in [1.29, 1.82) is 0 Å². The Bertz CT molecular complexity index is 277. The number of rotatable bonds is 3. The molecule has 1 fully saturated rings. The van der Waals surface area contributed by atoms with Gasteiger partial charge in [-0.15, -0.1) is 0 Å². The zero-order chi connectivity index (χ0) is 8.39. The smallest absolute Gasteiger partial charge is 0.176 e. The van der Waals surface area contributed by atoms with E-state index in [1.165, 1.54) is 0 Å². The number of nitrogens with zero attached hydrogens (tertiary/aromatic N) is 1. The summed E-state index contributed by atoms with van der Waals surface area (Å²) in [6.07, 6.45) is 0. The van der Waals surface area contributed by atoms with E-state index < -0.39 is 0 Å². The lowest BCUT2D eigenvalue weighted by Crippen LogP contribution is -2.12. The van der Waals surface area contributed by atoms with Crippen LogP contribution in [0.25, 0.3) is 0 Å². The van der Waals surface area contributed by atoms with E-state index in [0.29, 0.717) is 6.54 Å². The maximum atomic E-state index is 11.5. The number of Topliss-reactive ketones (excluding diaryl/α,β-unsaturated/α-hetero) is 1. The fourth-order valence-corrected chi connectivity index (χ4v) is 1.15. The van der Waals surface area contributed by atoms with E-state index >= 15 is 0 Å². The summed E-state index contributed by atoms with van der Waals surface area (Å²) in [4.78, 5) is 13.6. The summed E-state index contributed by atoms with van der Waals surface area (Å²) in [6, 6.07) is 9.46. The van der Waals surface area contributed by atoms with Crippen molar-refractivity contribution in [2.75, 3.05) is 19.6 Å². The predicted octanol–water partition coefficient (Wildman–Crippen LogP) is 1.18. The second-order valence-electron chi connectivity index (χ2n) is 3.07. The lowest BCUT2D eigenvalue weighted by atomic mass is 10.1. The topological polar surface area (TPSA) is 20.1 Å². The van der Waals surface area contributed by atoms with E-state index in [1.54, 1.807) is 0 Å². The molecule has 0 bridgehead atoms. The van der Waals surface area contributed by atoms with Gasteiger partial charge in [0.1, 0.15) is 0 Å². The maximum absolute atomic E-state index is 11.5. The first-order chi connectivity index (χ1) is 5.86. The van der Waals surface area contributed by atoms with Crippen LogP contribution in [0.2, 0.25) is 0 Å². The molecule has 0 atom stereocenters. The van der Waals surface area contributed by atoms with Crippen molar-refractivity contribution in [2.45, 2.75) is 0 Å². The summed E-state index contributed by atoms with van der Waals surface area (Å²) in [5.41, 5.74) is 0.824. The van der Waals surface area contributed by atoms with Gasteiger partial charge in [0, 0.05) is 18.7 Å². The van der Waals surface area contributed by atoms with Gasteiger partial charge >= 0.3 is 0 Å². The van der Waals surface area contributed by atoms with Gasteiger partial charge in [-0.05, 0) is 0 Å². The molecule has 62 valence electrons. The van der Waals surface area contributed by atoms with Crippen LogP contribution < -0.4 is 0 Å². The van der Waals surface area contributed by atoms with Crippen LogP contribution in [0.15, 0.2) is 30.3 Å². The van der Waals surface area contributed by atoms with Crippen LogP contribution in [-0.2, 0) is 0 Å². The molecule has 0 aromatic heterocycles. The van der Waals surface area contributed by atoms with Gasteiger partial charge in [-0.25, -0.2) is 0 Å². The summed E-state index contributed by atoms with van der Waals surface area (Å²) in [6.45, 7) is 2.75. The molecule has 12 heavy (non-hydrogen) atoms. The lowest BCUT2D eigenvalue weighted by Gasteiger charge is -1.99. The fraction of sp³-hybridized carbons (Fsp3) is 0.300.